The number of aromatic amines is 1. The number of hydrogen-bond acceptors (Lipinski definition) is 5. The summed E-state index contributed by atoms with van der Waals surface area (Å²) in [6.07, 6.45) is 2.46. The lowest BCUT2D eigenvalue weighted by Crippen LogP contribution is -2.42. The van der Waals surface area contributed by atoms with Crippen LogP contribution in [0.25, 0.3) is 0 Å². The minimum Gasteiger partial charge on any atom is -0.383 e. The van der Waals surface area contributed by atoms with E-state index in [-0.39, 0.29) is 23.2 Å². The van der Waals surface area contributed by atoms with Gasteiger partial charge in [-0.1, -0.05) is 0 Å². The Balaban J connectivity index is 1.80. The van der Waals surface area contributed by atoms with E-state index in [4.69, 9.17) is 5.73 Å². The van der Waals surface area contributed by atoms with Gasteiger partial charge in [-0.05, 0) is 26.4 Å². The van der Waals surface area contributed by atoms with E-state index < -0.39 is 0 Å². The highest BCUT2D eigenvalue weighted by Crippen LogP contribution is 2.14. The zero-order valence-corrected chi connectivity index (χ0v) is 11.7. The molecule has 0 saturated carbocycles. The lowest BCUT2D eigenvalue weighted by molar-refractivity contribution is -0.126. The fourth-order valence-electron chi connectivity index (χ4n) is 2.48. The number of H-pyrrole nitrogens is 1. The van der Waals surface area contributed by atoms with Crippen molar-refractivity contribution < 1.29 is 4.79 Å². The highest BCUT2D eigenvalue weighted by molar-refractivity contribution is 5.78. The van der Waals surface area contributed by atoms with Gasteiger partial charge >= 0.3 is 0 Å². The Morgan fingerprint density at radius 3 is 3.15 bits per heavy atom. The third-order valence-corrected chi connectivity index (χ3v) is 3.47. The molecule has 0 aromatic carbocycles. The summed E-state index contributed by atoms with van der Waals surface area (Å²) in [6.45, 7) is 2.31. The van der Waals surface area contributed by atoms with Crippen molar-refractivity contribution in [1.29, 1.82) is 0 Å². The van der Waals surface area contributed by atoms with E-state index in [1.807, 2.05) is 7.05 Å². The number of anilines is 1. The van der Waals surface area contributed by atoms with Crippen LogP contribution in [0.1, 0.15) is 18.7 Å². The van der Waals surface area contributed by atoms with Crippen molar-refractivity contribution in [2.75, 3.05) is 32.4 Å². The molecule has 4 N–H and O–H groups in total. The molecule has 20 heavy (non-hydrogen) atoms. The van der Waals surface area contributed by atoms with Crippen LogP contribution < -0.4 is 16.6 Å². The Bertz CT molecular complexity index is 528. The molecule has 1 aromatic rings. The number of nitrogens with two attached hydrogens (primary N) is 1. The molecule has 0 spiro atoms. The molecule has 1 aromatic heterocycles. The van der Waals surface area contributed by atoms with Gasteiger partial charge in [0.05, 0.1) is 5.92 Å². The van der Waals surface area contributed by atoms with Crippen LogP contribution in [0, 0.1) is 5.92 Å². The van der Waals surface area contributed by atoms with Crippen LogP contribution in [0.15, 0.2) is 10.9 Å². The summed E-state index contributed by atoms with van der Waals surface area (Å²) in [4.78, 5) is 32.0. The molecule has 7 heteroatoms. The maximum absolute atomic E-state index is 12.0. The lowest BCUT2D eigenvalue weighted by atomic mass is 9.97. The molecule has 2 heterocycles. The SMILES string of the molecule is CN1CCC[C@H](C(=O)NCCc2nc(N)cc(=O)[nH]2)C1. The summed E-state index contributed by atoms with van der Waals surface area (Å²) in [5.74, 6) is 0.824. The van der Waals surface area contributed by atoms with Crippen molar-refractivity contribution in [1.82, 2.24) is 20.2 Å². The fourth-order valence-corrected chi connectivity index (χ4v) is 2.48. The van der Waals surface area contributed by atoms with Crippen LogP contribution in [0.5, 0.6) is 0 Å². The maximum Gasteiger partial charge on any atom is 0.252 e. The van der Waals surface area contributed by atoms with E-state index in [0.29, 0.717) is 18.8 Å². The van der Waals surface area contributed by atoms with Gasteiger partial charge in [-0.3, -0.25) is 9.59 Å². The second kappa shape index (κ2) is 6.51. The van der Waals surface area contributed by atoms with Gasteiger partial charge < -0.3 is 20.9 Å². The van der Waals surface area contributed by atoms with Crippen LogP contribution in [0.2, 0.25) is 0 Å². The molecule has 0 unspecified atom stereocenters. The molecule has 1 fully saturated rings. The second-order valence-corrected chi connectivity index (χ2v) is 5.26. The number of piperidine rings is 1. The normalized spacial score (nSPS) is 19.8. The van der Waals surface area contributed by atoms with Crippen LogP contribution in [0.3, 0.4) is 0 Å². The van der Waals surface area contributed by atoms with Gasteiger partial charge in [0.15, 0.2) is 0 Å². The number of amides is 1. The largest absolute Gasteiger partial charge is 0.383 e. The molecular weight excluding hydrogens is 258 g/mol. The minimum atomic E-state index is -0.271. The van der Waals surface area contributed by atoms with Gasteiger partial charge in [0.1, 0.15) is 11.6 Å². The second-order valence-electron chi connectivity index (χ2n) is 5.26. The average Bonchev–Trinajstić information content (AvgIpc) is 2.37. The number of aromatic nitrogens is 2. The summed E-state index contributed by atoms with van der Waals surface area (Å²) in [6, 6.07) is 1.24. The molecule has 0 aliphatic carbocycles. The summed E-state index contributed by atoms with van der Waals surface area (Å²) in [5, 5.41) is 2.89. The Labute approximate surface area is 117 Å². The molecule has 1 saturated heterocycles. The summed E-state index contributed by atoms with van der Waals surface area (Å²) < 4.78 is 0. The smallest absolute Gasteiger partial charge is 0.252 e. The first-order chi connectivity index (χ1) is 9.54. The quantitative estimate of drug-likeness (QED) is 0.679. The Morgan fingerprint density at radius 2 is 2.45 bits per heavy atom. The van der Waals surface area contributed by atoms with Gasteiger partial charge in [0.2, 0.25) is 5.91 Å². The van der Waals surface area contributed by atoms with Gasteiger partial charge in [-0.2, -0.15) is 0 Å². The zero-order chi connectivity index (χ0) is 14.5. The number of nitrogen functional groups attached to an aromatic ring is 1. The van der Waals surface area contributed by atoms with Crippen LogP contribution >= 0.6 is 0 Å². The third-order valence-electron chi connectivity index (χ3n) is 3.47. The average molecular weight is 279 g/mol. The molecule has 1 aliphatic heterocycles. The summed E-state index contributed by atoms with van der Waals surface area (Å²) >= 11 is 0. The monoisotopic (exact) mass is 279 g/mol. The molecule has 2 rings (SSSR count). The van der Waals surface area contributed by atoms with E-state index in [9.17, 15) is 9.59 Å². The number of likely N-dealkylation sites (tertiary alicyclic amines) is 1. The van der Waals surface area contributed by atoms with Crippen LogP contribution in [-0.4, -0.2) is 47.5 Å². The van der Waals surface area contributed by atoms with Crippen molar-refractivity contribution in [3.05, 3.63) is 22.2 Å². The lowest BCUT2D eigenvalue weighted by Gasteiger charge is -2.28. The number of nitrogens with one attached hydrogen (secondary N) is 2. The first-order valence-electron chi connectivity index (χ1n) is 6.86. The minimum absolute atomic E-state index is 0.0570. The Kier molecular flexibility index (Phi) is 4.73. The molecule has 1 aliphatic rings. The van der Waals surface area contributed by atoms with Crippen LogP contribution in [-0.2, 0) is 11.2 Å². The van der Waals surface area contributed by atoms with Gasteiger partial charge in [0, 0.05) is 25.6 Å². The molecule has 110 valence electrons. The molecule has 1 atom stereocenters. The first kappa shape index (κ1) is 14.5. The number of carbonyl (C=O) groups is 1. The summed E-state index contributed by atoms with van der Waals surface area (Å²) in [5.41, 5.74) is 5.23. The fraction of sp³-hybridized carbons (Fsp3) is 0.615. The maximum atomic E-state index is 12.0. The standard InChI is InChI=1S/C13H21N5O2/c1-18-6-2-3-9(8-18)13(20)15-5-4-11-16-10(14)7-12(19)17-11/h7,9H,2-6,8H2,1H3,(H,15,20)(H3,14,16,17,19)/t9-/m0/s1. The van der Waals surface area contributed by atoms with Crippen LogP contribution in [0.4, 0.5) is 5.82 Å². The van der Waals surface area contributed by atoms with Gasteiger partial charge in [-0.25, -0.2) is 4.98 Å². The van der Waals surface area contributed by atoms with Crippen molar-refractivity contribution >= 4 is 11.7 Å². The zero-order valence-electron chi connectivity index (χ0n) is 11.7. The van der Waals surface area contributed by atoms with Crippen molar-refractivity contribution in [2.24, 2.45) is 5.92 Å². The van der Waals surface area contributed by atoms with Gasteiger partial charge in [-0.15, -0.1) is 0 Å². The molecule has 7 nitrogen and oxygen atoms in total. The molecule has 1 amide bonds. The van der Waals surface area contributed by atoms with Gasteiger partial charge in [0.25, 0.3) is 5.56 Å². The van der Waals surface area contributed by atoms with Crippen molar-refractivity contribution in [2.45, 2.75) is 19.3 Å². The topological polar surface area (TPSA) is 104 Å². The number of hydrogen-bond donors (Lipinski definition) is 3. The van der Waals surface area contributed by atoms with Crippen molar-refractivity contribution in [3.63, 3.8) is 0 Å². The predicted molar refractivity (Wildman–Crippen MR) is 76.2 cm³/mol. The Morgan fingerprint density at radius 1 is 1.65 bits per heavy atom. The van der Waals surface area contributed by atoms with E-state index in [2.05, 4.69) is 20.2 Å². The highest BCUT2D eigenvalue weighted by atomic mass is 16.2. The summed E-state index contributed by atoms with van der Waals surface area (Å²) in [7, 11) is 2.03. The molecule has 0 bridgehead atoms. The number of carbonyl (C=O) groups excluding carboxylic acids is 1. The van der Waals surface area contributed by atoms with Crippen molar-refractivity contribution in [3.8, 4) is 0 Å². The highest BCUT2D eigenvalue weighted by Gasteiger charge is 2.23. The van der Waals surface area contributed by atoms with E-state index in [0.717, 1.165) is 25.9 Å². The van der Waals surface area contributed by atoms with E-state index in [1.165, 1.54) is 6.07 Å². The number of rotatable bonds is 4. The molecule has 0 radical (unpaired) electrons. The first-order valence-corrected chi connectivity index (χ1v) is 6.86. The predicted octanol–water partition coefficient (Wildman–Crippen LogP) is -0.647. The Hall–Kier alpha value is -1.89. The number of nitrogens with zero attached hydrogens (tertiary/aromatic N) is 2. The van der Waals surface area contributed by atoms with E-state index in [1.54, 1.807) is 0 Å². The van der Waals surface area contributed by atoms with E-state index >= 15 is 0 Å². The third kappa shape index (κ3) is 4.06. The molecular formula is C13H21N5O2.